The summed E-state index contributed by atoms with van der Waals surface area (Å²) in [5.74, 6) is -1.17. The van der Waals surface area contributed by atoms with Crippen molar-refractivity contribution >= 4 is 40.1 Å². The number of fused-ring (bicyclic) bond motifs is 1. The van der Waals surface area contributed by atoms with Crippen LogP contribution in [0.4, 0.5) is 16.2 Å². The molecule has 196 valence electrons. The van der Waals surface area contributed by atoms with Crippen LogP contribution < -0.4 is 16.0 Å². The Kier molecular flexibility index (Phi) is 8.89. The number of nitrogens with one attached hydrogen (secondary N) is 3. The molecule has 3 amide bonds. The molecule has 0 unspecified atom stereocenters. The molecule has 3 aromatic carbocycles. The molecule has 8 heteroatoms. The van der Waals surface area contributed by atoms with E-state index in [0.29, 0.717) is 11.4 Å². The van der Waals surface area contributed by atoms with Crippen LogP contribution in [0, 0.1) is 20.8 Å². The quantitative estimate of drug-likeness (QED) is 0.351. The third kappa shape index (κ3) is 6.86. The smallest absolute Gasteiger partial charge is 0.331 e. The molecule has 0 aliphatic heterocycles. The first-order valence-corrected chi connectivity index (χ1v) is 12.2. The first-order chi connectivity index (χ1) is 17.5. The first-order valence-electron chi connectivity index (χ1n) is 12.2. The summed E-state index contributed by atoms with van der Waals surface area (Å²) in [5.41, 5.74) is 4.19. The Morgan fingerprint density at radius 3 is 2.00 bits per heavy atom. The van der Waals surface area contributed by atoms with Crippen LogP contribution >= 0.6 is 0 Å². The Morgan fingerprint density at radius 2 is 1.43 bits per heavy atom. The number of carbonyl (C=O) groups excluding carboxylic acids is 3. The lowest BCUT2D eigenvalue weighted by Gasteiger charge is -2.25. The lowest BCUT2D eigenvalue weighted by atomic mass is 10.0. The standard InChI is InChI=1S/C29H35N3O5/c1-16(2)37-20(6)26(28(34)36-7)31-27(33)23-14-21-10-8-9-11-22(21)15-24(23)30-29(35)32-25-18(4)12-17(3)13-19(25)5/h8-16,20,26H,1-7H3,(H,31,33)(H2,30,32,35)/t20-,26+/m1/s1. The van der Waals surface area contributed by atoms with Crippen LogP contribution in [0.3, 0.4) is 0 Å². The van der Waals surface area contributed by atoms with Crippen molar-refractivity contribution in [3.8, 4) is 0 Å². The van der Waals surface area contributed by atoms with Crippen LogP contribution in [-0.2, 0) is 14.3 Å². The zero-order chi connectivity index (χ0) is 27.3. The van der Waals surface area contributed by atoms with E-state index in [1.165, 1.54) is 7.11 Å². The van der Waals surface area contributed by atoms with Gasteiger partial charge in [0.05, 0.1) is 30.6 Å². The average Bonchev–Trinajstić information content (AvgIpc) is 2.83. The third-order valence-corrected chi connectivity index (χ3v) is 5.99. The molecule has 0 fully saturated rings. The highest BCUT2D eigenvalue weighted by molar-refractivity contribution is 6.10. The minimum Gasteiger partial charge on any atom is -0.467 e. The van der Waals surface area contributed by atoms with Gasteiger partial charge in [0, 0.05) is 5.69 Å². The molecular formula is C29H35N3O5. The summed E-state index contributed by atoms with van der Waals surface area (Å²) in [6.07, 6.45) is -0.793. The van der Waals surface area contributed by atoms with Crippen molar-refractivity contribution in [3.63, 3.8) is 0 Å². The van der Waals surface area contributed by atoms with Gasteiger partial charge >= 0.3 is 12.0 Å². The maximum absolute atomic E-state index is 13.5. The topological polar surface area (TPSA) is 106 Å². The van der Waals surface area contributed by atoms with Gasteiger partial charge < -0.3 is 25.4 Å². The van der Waals surface area contributed by atoms with E-state index in [1.54, 1.807) is 19.1 Å². The van der Waals surface area contributed by atoms with Crippen LogP contribution in [0.5, 0.6) is 0 Å². The summed E-state index contributed by atoms with van der Waals surface area (Å²) in [6, 6.07) is 13.4. The van der Waals surface area contributed by atoms with Crippen LogP contribution in [0.1, 0.15) is 47.8 Å². The molecule has 0 saturated heterocycles. The molecule has 2 atom stereocenters. The summed E-state index contributed by atoms with van der Waals surface area (Å²) in [6.45, 7) is 11.2. The van der Waals surface area contributed by atoms with E-state index < -0.39 is 30.1 Å². The predicted molar refractivity (Wildman–Crippen MR) is 146 cm³/mol. The molecule has 0 spiro atoms. The van der Waals surface area contributed by atoms with Crippen molar-refractivity contribution in [1.29, 1.82) is 0 Å². The Bertz CT molecular complexity index is 1300. The molecule has 0 aliphatic carbocycles. The number of hydrogen-bond acceptors (Lipinski definition) is 5. The highest BCUT2D eigenvalue weighted by Gasteiger charge is 2.30. The molecule has 0 bridgehead atoms. The summed E-state index contributed by atoms with van der Waals surface area (Å²) in [7, 11) is 1.26. The van der Waals surface area contributed by atoms with Crippen LogP contribution in [0.15, 0.2) is 48.5 Å². The molecule has 3 aromatic rings. The number of benzene rings is 3. The highest BCUT2D eigenvalue weighted by atomic mass is 16.5. The maximum Gasteiger partial charge on any atom is 0.331 e. The molecule has 0 saturated carbocycles. The molecule has 3 N–H and O–H groups in total. The second-order valence-electron chi connectivity index (χ2n) is 9.46. The van der Waals surface area contributed by atoms with Crippen LogP contribution in [0.25, 0.3) is 10.8 Å². The van der Waals surface area contributed by atoms with E-state index in [-0.39, 0.29) is 11.7 Å². The van der Waals surface area contributed by atoms with E-state index in [9.17, 15) is 14.4 Å². The first kappa shape index (κ1) is 27.7. The third-order valence-electron chi connectivity index (χ3n) is 5.99. The molecule has 0 heterocycles. The van der Waals surface area contributed by atoms with Gasteiger partial charge in [-0.1, -0.05) is 42.0 Å². The number of ether oxygens (including phenoxy) is 2. The molecule has 0 aliphatic rings. The van der Waals surface area contributed by atoms with Gasteiger partial charge in [0.1, 0.15) is 0 Å². The molecule has 3 rings (SSSR count). The van der Waals surface area contributed by atoms with Gasteiger partial charge in [-0.2, -0.15) is 0 Å². The Labute approximate surface area is 217 Å². The zero-order valence-electron chi connectivity index (χ0n) is 22.4. The maximum atomic E-state index is 13.5. The lowest BCUT2D eigenvalue weighted by Crippen LogP contribution is -2.50. The number of methoxy groups -OCH3 is 1. The van der Waals surface area contributed by atoms with Gasteiger partial charge in [-0.05, 0) is 75.6 Å². The number of rotatable bonds is 8. The van der Waals surface area contributed by atoms with Gasteiger partial charge in [-0.15, -0.1) is 0 Å². The van der Waals surface area contributed by atoms with E-state index >= 15 is 0 Å². The van der Waals surface area contributed by atoms with E-state index in [4.69, 9.17) is 9.47 Å². The van der Waals surface area contributed by atoms with Crippen LogP contribution in [0.2, 0.25) is 0 Å². The minimum absolute atomic E-state index is 0.158. The summed E-state index contributed by atoms with van der Waals surface area (Å²) < 4.78 is 10.6. The fraction of sp³-hybridized carbons (Fsp3) is 0.345. The molecule has 0 radical (unpaired) electrons. The number of anilines is 2. The molecule has 0 aromatic heterocycles. The SMILES string of the molecule is COC(=O)[C@@H](NC(=O)c1cc2ccccc2cc1NC(=O)Nc1c(C)cc(C)cc1C)[C@@H](C)OC(C)C. The van der Waals surface area contributed by atoms with E-state index in [0.717, 1.165) is 27.5 Å². The van der Waals surface area contributed by atoms with Crippen molar-refractivity contribution in [2.45, 2.75) is 59.8 Å². The van der Waals surface area contributed by atoms with Crippen LogP contribution in [-0.4, -0.2) is 43.3 Å². The largest absolute Gasteiger partial charge is 0.467 e. The summed E-state index contributed by atoms with van der Waals surface area (Å²) >= 11 is 0. The number of aryl methyl sites for hydroxylation is 3. The fourth-order valence-electron chi connectivity index (χ4n) is 4.40. The molecule has 8 nitrogen and oxygen atoms in total. The number of urea groups is 1. The summed E-state index contributed by atoms with van der Waals surface area (Å²) in [5, 5.41) is 10.1. The van der Waals surface area contributed by atoms with E-state index in [2.05, 4.69) is 16.0 Å². The number of amides is 3. The van der Waals surface area contributed by atoms with Gasteiger partial charge in [0.15, 0.2) is 6.04 Å². The number of carbonyl (C=O) groups is 3. The fourth-order valence-corrected chi connectivity index (χ4v) is 4.40. The lowest BCUT2D eigenvalue weighted by molar-refractivity contribution is -0.147. The predicted octanol–water partition coefficient (Wildman–Crippen LogP) is 5.49. The second kappa shape index (κ2) is 11.9. The average molecular weight is 506 g/mol. The zero-order valence-corrected chi connectivity index (χ0v) is 22.4. The van der Waals surface area contributed by atoms with Gasteiger partial charge in [-0.3, -0.25) is 4.79 Å². The van der Waals surface area contributed by atoms with E-state index in [1.807, 2.05) is 71.0 Å². The summed E-state index contributed by atoms with van der Waals surface area (Å²) in [4.78, 5) is 39.0. The Morgan fingerprint density at radius 1 is 0.838 bits per heavy atom. The highest BCUT2D eigenvalue weighted by Crippen LogP contribution is 2.26. The molecular weight excluding hydrogens is 470 g/mol. The van der Waals surface area contributed by atoms with Gasteiger partial charge in [0.2, 0.25) is 0 Å². The van der Waals surface area contributed by atoms with Crippen molar-refractivity contribution in [1.82, 2.24) is 5.32 Å². The van der Waals surface area contributed by atoms with Gasteiger partial charge in [-0.25, -0.2) is 9.59 Å². The normalized spacial score (nSPS) is 12.6. The van der Waals surface area contributed by atoms with Crippen molar-refractivity contribution in [2.75, 3.05) is 17.7 Å². The van der Waals surface area contributed by atoms with Crippen molar-refractivity contribution in [3.05, 3.63) is 70.8 Å². The monoisotopic (exact) mass is 505 g/mol. The Balaban J connectivity index is 1.94. The van der Waals surface area contributed by atoms with Gasteiger partial charge in [0.25, 0.3) is 5.91 Å². The van der Waals surface area contributed by atoms with Crippen molar-refractivity contribution in [2.24, 2.45) is 0 Å². The minimum atomic E-state index is -1.04. The second-order valence-corrected chi connectivity index (χ2v) is 9.46. The Hall–Kier alpha value is -3.91. The number of esters is 1. The molecule has 37 heavy (non-hydrogen) atoms. The number of hydrogen-bond donors (Lipinski definition) is 3. The van der Waals surface area contributed by atoms with Crippen molar-refractivity contribution < 1.29 is 23.9 Å².